The topological polar surface area (TPSA) is 52.7 Å². The predicted molar refractivity (Wildman–Crippen MR) is 137 cm³/mol. The summed E-state index contributed by atoms with van der Waals surface area (Å²) >= 11 is 1.49. The molecule has 1 N–H and O–H groups in total. The van der Waals surface area contributed by atoms with E-state index in [9.17, 15) is 9.59 Å². The van der Waals surface area contributed by atoms with Crippen LogP contribution in [0.4, 0.5) is 11.4 Å². The zero-order valence-electron chi connectivity index (χ0n) is 19.0. The summed E-state index contributed by atoms with van der Waals surface area (Å²) in [6, 6.07) is 19.9. The summed E-state index contributed by atoms with van der Waals surface area (Å²) < 4.78 is 0. The van der Waals surface area contributed by atoms with Gasteiger partial charge in [-0.05, 0) is 58.8 Å². The molecule has 170 valence electrons. The van der Waals surface area contributed by atoms with E-state index in [1.54, 1.807) is 6.08 Å². The Morgan fingerprint density at radius 2 is 1.64 bits per heavy atom. The fourth-order valence-electron chi connectivity index (χ4n) is 3.83. The molecule has 33 heavy (non-hydrogen) atoms. The Kier molecular flexibility index (Phi) is 7.25. The van der Waals surface area contributed by atoms with Crippen LogP contribution in [0.15, 0.2) is 72.1 Å². The number of anilines is 2. The predicted octanol–water partition coefficient (Wildman–Crippen LogP) is 5.49. The Hall–Kier alpha value is -3.38. The smallest absolute Gasteiger partial charge is 0.264 e. The van der Waals surface area contributed by atoms with E-state index in [0.29, 0.717) is 19.0 Å². The highest BCUT2D eigenvalue weighted by Crippen LogP contribution is 2.21. The first-order valence-electron chi connectivity index (χ1n) is 11.3. The van der Waals surface area contributed by atoms with Crippen molar-refractivity contribution >= 4 is 40.6 Å². The second-order valence-corrected chi connectivity index (χ2v) is 9.40. The van der Waals surface area contributed by atoms with Gasteiger partial charge in [-0.1, -0.05) is 44.2 Å². The molecule has 0 unspecified atom stereocenters. The summed E-state index contributed by atoms with van der Waals surface area (Å²) in [6.07, 6.45) is 3.38. The first kappa shape index (κ1) is 22.8. The summed E-state index contributed by atoms with van der Waals surface area (Å²) in [4.78, 5) is 29.8. The van der Waals surface area contributed by atoms with Gasteiger partial charge in [0.15, 0.2) is 0 Å². The van der Waals surface area contributed by atoms with Crippen LogP contribution in [-0.2, 0) is 4.79 Å². The number of rotatable bonds is 6. The lowest BCUT2D eigenvalue weighted by Gasteiger charge is -2.36. The number of nitrogens with zero attached hydrogens (tertiary/aromatic N) is 2. The number of hydrogen-bond acceptors (Lipinski definition) is 4. The Morgan fingerprint density at radius 1 is 0.939 bits per heavy atom. The highest BCUT2D eigenvalue weighted by Gasteiger charge is 2.22. The average Bonchev–Trinajstić information content (AvgIpc) is 3.38. The minimum Gasteiger partial charge on any atom is -0.368 e. The lowest BCUT2D eigenvalue weighted by Crippen LogP contribution is -2.48. The van der Waals surface area contributed by atoms with Gasteiger partial charge in [0.25, 0.3) is 5.91 Å². The van der Waals surface area contributed by atoms with Crippen molar-refractivity contribution in [3.63, 3.8) is 0 Å². The van der Waals surface area contributed by atoms with E-state index in [4.69, 9.17) is 0 Å². The standard InChI is InChI=1S/C27H29N3O2S/c1-20(2)22-8-5-21(6-9-22)7-14-26(31)28-23-10-12-24(13-11-23)29-15-17-30(18-16-29)27(32)25-4-3-19-33-25/h3-14,19-20H,15-18H2,1-2H3,(H,28,31). The van der Waals surface area contributed by atoms with E-state index in [1.807, 2.05) is 64.9 Å². The number of nitrogens with one attached hydrogen (secondary N) is 1. The van der Waals surface area contributed by atoms with Crippen LogP contribution in [0.25, 0.3) is 6.08 Å². The van der Waals surface area contributed by atoms with Crippen LogP contribution >= 0.6 is 11.3 Å². The van der Waals surface area contributed by atoms with Crippen molar-refractivity contribution in [1.29, 1.82) is 0 Å². The van der Waals surface area contributed by atoms with Crippen LogP contribution in [0, 0.1) is 0 Å². The maximum atomic E-state index is 12.5. The molecule has 2 aromatic carbocycles. The van der Waals surface area contributed by atoms with Gasteiger partial charge in [-0.15, -0.1) is 11.3 Å². The second kappa shape index (κ2) is 10.5. The molecule has 1 aromatic heterocycles. The molecule has 4 rings (SSSR count). The Morgan fingerprint density at radius 3 is 2.24 bits per heavy atom. The maximum absolute atomic E-state index is 12.5. The van der Waals surface area contributed by atoms with Gasteiger partial charge in [0.05, 0.1) is 4.88 Å². The van der Waals surface area contributed by atoms with E-state index < -0.39 is 0 Å². The molecule has 0 atom stereocenters. The highest BCUT2D eigenvalue weighted by atomic mass is 32.1. The summed E-state index contributed by atoms with van der Waals surface area (Å²) in [6.45, 7) is 7.33. The van der Waals surface area contributed by atoms with Crippen molar-refractivity contribution in [2.75, 3.05) is 36.4 Å². The number of piperazine rings is 1. The number of amides is 2. The lowest BCUT2D eigenvalue weighted by atomic mass is 10.0. The number of carbonyl (C=O) groups excluding carboxylic acids is 2. The van der Waals surface area contributed by atoms with E-state index in [2.05, 4.69) is 36.2 Å². The van der Waals surface area contributed by atoms with Crippen molar-refractivity contribution in [2.24, 2.45) is 0 Å². The normalized spacial score (nSPS) is 14.2. The highest BCUT2D eigenvalue weighted by molar-refractivity contribution is 7.12. The van der Waals surface area contributed by atoms with Crippen LogP contribution in [-0.4, -0.2) is 42.9 Å². The van der Waals surface area contributed by atoms with Crippen LogP contribution < -0.4 is 10.2 Å². The Bertz CT molecular complexity index is 1100. The molecule has 0 radical (unpaired) electrons. The molecule has 6 heteroatoms. The third-order valence-corrected chi connectivity index (χ3v) is 6.69. The van der Waals surface area contributed by atoms with Gasteiger partial charge in [0.2, 0.25) is 5.91 Å². The largest absolute Gasteiger partial charge is 0.368 e. The second-order valence-electron chi connectivity index (χ2n) is 8.45. The molecular weight excluding hydrogens is 430 g/mol. The molecule has 5 nitrogen and oxygen atoms in total. The van der Waals surface area contributed by atoms with Crippen molar-refractivity contribution in [3.05, 3.63) is 88.1 Å². The summed E-state index contributed by atoms with van der Waals surface area (Å²) in [5.74, 6) is 0.454. The Labute approximate surface area is 199 Å². The van der Waals surface area contributed by atoms with Gasteiger partial charge in [0.1, 0.15) is 0 Å². The van der Waals surface area contributed by atoms with E-state index in [-0.39, 0.29) is 11.8 Å². The van der Waals surface area contributed by atoms with Crippen LogP contribution in [0.3, 0.4) is 0 Å². The quantitative estimate of drug-likeness (QED) is 0.496. The zero-order chi connectivity index (χ0) is 23.2. The molecule has 1 aliphatic heterocycles. The van der Waals surface area contributed by atoms with Gasteiger partial charge in [-0.25, -0.2) is 0 Å². The molecular formula is C27H29N3O2S. The Balaban J connectivity index is 1.27. The number of thiophene rings is 1. The molecule has 2 heterocycles. The molecule has 0 bridgehead atoms. The van der Waals surface area contributed by atoms with Crippen LogP contribution in [0.5, 0.6) is 0 Å². The van der Waals surface area contributed by atoms with E-state index in [0.717, 1.165) is 34.9 Å². The fraction of sp³-hybridized carbons (Fsp3) is 0.259. The fourth-order valence-corrected chi connectivity index (χ4v) is 4.52. The third kappa shape index (κ3) is 5.90. The van der Waals surface area contributed by atoms with Gasteiger partial charge in [0, 0.05) is 43.6 Å². The SMILES string of the molecule is CC(C)c1ccc(C=CC(=O)Nc2ccc(N3CCN(C(=O)c4cccs4)CC3)cc2)cc1. The van der Waals surface area contributed by atoms with E-state index >= 15 is 0 Å². The van der Waals surface area contributed by atoms with Crippen molar-refractivity contribution < 1.29 is 9.59 Å². The minimum absolute atomic E-state index is 0.117. The molecule has 1 saturated heterocycles. The molecule has 0 saturated carbocycles. The molecule has 1 aliphatic rings. The molecule has 1 fully saturated rings. The number of carbonyl (C=O) groups is 2. The first-order valence-corrected chi connectivity index (χ1v) is 12.1. The van der Waals surface area contributed by atoms with Crippen molar-refractivity contribution in [2.45, 2.75) is 19.8 Å². The minimum atomic E-state index is -0.156. The first-order chi connectivity index (χ1) is 16.0. The van der Waals surface area contributed by atoms with Crippen LogP contribution in [0.1, 0.15) is 40.6 Å². The summed E-state index contributed by atoms with van der Waals surface area (Å²) in [7, 11) is 0. The maximum Gasteiger partial charge on any atom is 0.264 e. The summed E-state index contributed by atoms with van der Waals surface area (Å²) in [5, 5.41) is 4.85. The van der Waals surface area contributed by atoms with Gasteiger partial charge >= 0.3 is 0 Å². The van der Waals surface area contributed by atoms with Crippen LogP contribution in [0.2, 0.25) is 0 Å². The van der Waals surface area contributed by atoms with E-state index in [1.165, 1.54) is 16.9 Å². The number of hydrogen-bond donors (Lipinski definition) is 1. The average molecular weight is 460 g/mol. The lowest BCUT2D eigenvalue weighted by molar-refractivity contribution is -0.111. The third-order valence-electron chi connectivity index (χ3n) is 5.83. The molecule has 0 spiro atoms. The van der Waals surface area contributed by atoms with Crippen molar-refractivity contribution in [1.82, 2.24) is 4.90 Å². The van der Waals surface area contributed by atoms with Gasteiger partial charge in [-0.3, -0.25) is 9.59 Å². The monoisotopic (exact) mass is 459 g/mol. The molecule has 0 aliphatic carbocycles. The van der Waals surface area contributed by atoms with Crippen molar-refractivity contribution in [3.8, 4) is 0 Å². The molecule has 2 amide bonds. The number of benzene rings is 2. The summed E-state index contributed by atoms with van der Waals surface area (Å²) in [5.41, 5.74) is 4.14. The zero-order valence-corrected chi connectivity index (χ0v) is 19.8. The molecule has 3 aromatic rings. The van der Waals surface area contributed by atoms with Gasteiger partial charge in [-0.2, -0.15) is 0 Å². The van der Waals surface area contributed by atoms with Gasteiger partial charge < -0.3 is 15.1 Å².